The molecule has 1 aliphatic carbocycles. The first-order valence-electron chi connectivity index (χ1n) is 6.34. The van der Waals surface area contributed by atoms with Crippen molar-refractivity contribution in [2.24, 2.45) is 5.92 Å². The van der Waals surface area contributed by atoms with Crippen LogP contribution in [0.15, 0.2) is 18.2 Å². The quantitative estimate of drug-likeness (QED) is 0.667. The second-order valence-electron chi connectivity index (χ2n) is 5.25. The number of nitrogens with zero attached hydrogens (tertiary/aromatic N) is 2. The van der Waals surface area contributed by atoms with Gasteiger partial charge in [0.1, 0.15) is 5.69 Å². The molecule has 6 heteroatoms. The number of carbonyl (C=O) groups is 1. The first-order valence-corrected chi connectivity index (χ1v) is 6.34. The molecule has 3 rings (SSSR count). The van der Waals surface area contributed by atoms with E-state index in [2.05, 4.69) is 0 Å². The molecule has 2 fully saturated rings. The van der Waals surface area contributed by atoms with Gasteiger partial charge in [0.05, 0.1) is 10.5 Å². The van der Waals surface area contributed by atoms with Crippen molar-refractivity contribution in [3.05, 3.63) is 33.9 Å². The normalized spacial score (nSPS) is 24.7. The fraction of sp³-hybridized carbons (Fsp3) is 0.462. The second kappa shape index (κ2) is 4.22. The summed E-state index contributed by atoms with van der Waals surface area (Å²) in [6.45, 7) is 0.800. The van der Waals surface area contributed by atoms with E-state index in [0.29, 0.717) is 17.6 Å². The Kier molecular flexibility index (Phi) is 2.66. The number of piperidine rings is 1. The summed E-state index contributed by atoms with van der Waals surface area (Å²) in [5.41, 5.74) is 0.554. The van der Waals surface area contributed by atoms with Gasteiger partial charge in [0.15, 0.2) is 0 Å². The van der Waals surface area contributed by atoms with Crippen LogP contribution in [0, 0.1) is 16.0 Å². The Morgan fingerprint density at radius 2 is 2.21 bits per heavy atom. The molecule has 0 radical (unpaired) electrons. The van der Waals surface area contributed by atoms with Gasteiger partial charge in [-0.1, -0.05) is 0 Å². The number of carboxylic acid groups (broad SMARTS) is 1. The van der Waals surface area contributed by atoms with Crippen molar-refractivity contribution in [3.63, 3.8) is 0 Å². The van der Waals surface area contributed by atoms with Crippen LogP contribution < -0.4 is 4.90 Å². The molecule has 1 saturated carbocycles. The summed E-state index contributed by atoms with van der Waals surface area (Å²) in [5.74, 6) is -0.460. The van der Waals surface area contributed by atoms with Crippen LogP contribution in [0.5, 0.6) is 0 Å². The van der Waals surface area contributed by atoms with E-state index in [0.717, 1.165) is 19.4 Å². The average Bonchev–Trinajstić information content (AvgIpc) is 3.00. The first-order chi connectivity index (χ1) is 9.06. The topological polar surface area (TPSA) is 83.7 Å². The average molecular weight is 262 g/mol. The molecule has 0 spiro atoms. The van der Waals surface area contributed by atoms with Crippen LogP contribution in [0.1, 0.15) is 29.6 Å². The zero-order valence-corrected chi connectivity index (χ0v) is 10.3. The van der Waals surface area contributed by atoms with Gasteiger partial charge in [0.25, 0.3) is 5.69 Å². The van der Waals surface area contributed by atoms with Crippen molar-refractivity contribution in [3.8, 4) is 0 Å². The molecule has 2 bridgehead atoms. The Balaban J connectivity index is 2.04. The Bertz CT molecular complexity index is 558. The summed E-state index contributed by atoms with van der Waals surface area (Å²) in [7, 11) is 0. The predicted molar refractivity (Wildman–Crippen MR) is 68.5 cm³/mol. The number of nitro benzene ring substituents is 1. The van der Waals surface area contributed by atoms with Crippen molar-refractivity contribution in [1.29, 1.82) is 0 Å². The number of nitro groups is 1. The number of carboxylic acids is 1. The minimum absolute atomic E-state index is 0.00227. The summed E-state index contributed by atoms with van der Waals surface area (Å²) in [5, 5.41) is 20.1. The number of hydrogen-bond donors (Lipinski definition) is 1. The Labute approximate surface area is 109 Å². The van der Waals surface area contributed by atoms with E-state index < -0.39 is 10.9 Å². The number of aromatic carboxylic acids is 1. The summed E-state index contributed by atoms with van der Waals surface area (Å²) in [4.78, 5) is 23.7. The van der Waals surface area contributed by atoms with Crippen LogP contribution >= 0.6 is 0 Å². The highest BCUT2D eigenvalue weighted by atomic mass is 16.6. The molecule has 1 saturated heterocycles. The Hall–Kier alpha value is -2.11. The third-order valence-electron chi connectivity index (χ3n) is 4.14. The molecule has 1 aromatic rings. The molecule has 19 heavy (non-hydrogen) atoms. The summed E-state index contributed by atoms with van der Waals surface area (Å²) in [6.07, 6.45) is 3.28. The van der Waals surface area contributed by atoms with Gasteiger partial charge in [0.2, 0.25) is 0 Å². The van der Waals surface area contributed by atoms with E-state index in [4.69, 9.17) is 5.11 Å². The fourth-order valence-electron chi connectivity index (χ4n) is 3.26. The van der Waals surface area contributed by atoms with Crippen molar-refractivity contribution in [1.82, 2.24) is 0 Å². The van der Waals surface area contributed by atoms with Crippen LogP contribution in [0.2, 0.25) is 0 Å². The monoisotopic (exact) mass is 262 g/mol. The zero-order valence-electron chi connectivity index (χ0n) is 10.3. The molecule has 2 aliphatic rings. The van der Waals surface area contributed by atoms with Gasteiger partial charge in [-0.05, 0) is 37.3 Å². The number of hydrogen-bond acceptors (Lipinski definition) is 4. The van der Waals surface area contributed by atoms with Crippen molar-refractivity contribution >= 4 is 17.3 Å². The number of rotatable bonds is 3. The number of fused-ring (bicyclic) bond motifs is 2. The lowest BCUT2D eigenvalue weighted by atomic mass is 10.1. The molecule has 2 atom stereocenters. The van der Waals surface area contributed by atoms with Gasteiger partial charge in [0, 0.05) is 18.7 Å². The second-order valence-corrected chi connectivity index (χ2v) is 5.25. The van der Waals surface area contributed by atoms with E-state index in [-0.39, 0.29) is 11.3 Å². The molecule has 0 amide bonds. The molecular weight excluding hydrogens is 248 g/mol. The molecule has 100 valence electrons. The highest BCUT2D eigenvalue weighted by Crippen LogP contribution is 2.43. The predicted octanol–water partition coefficient (Wildman–Crippen LogP) is 2.28. The van der Waals surface area contributed by atoms with Crippen LogP contribution in [-0.2, 0) is 0 Å². The van der Waals surface area contributed by atoms with Gasteiger partial charge in [-0.2, -0.15) is 0 Å². The maximum Gasteiger partial charge on any atom is 0.335 e. The van der Waals surface area contributed by atoms with Crippen LogP contribution in [0.3, 0.4) is 0 Å². The summed E-state index contributed by atoms with van der Waals surface area (Å²) in [6, 6.07) is 4.34. The van der Waals surface area contributed by atoms with Crippen LogP contribution in [0.25, 0.3) is 0 Å². The Morgan fingerprint density at radius 3 is 2.74 bits per heavy atom. The standard InChI is InChI=1S/C13H14N2O4/c16-13(17)9-2-4-11(15(18)19)12(6-9)14-7-8-1-3-10(14)5-8/h2,4,6,8,10H,1,3,5,7H2,(H,16,17). The van der Waals surface area contributed by atoms with Gasteiger partial charge in [-0.3, -0.25) is 10.1 Å². The molecular formula is C13H14N2O4. The van der Waals surface area contributed by atoms with Crippen LogP contribution in [0.4, 0.5) is 11.4 Å². The molecule has 2 unspecified atom stereocenters. The van der Waals surface area contributed by atoms with E-state index >= 15 is 0 Å². The van der Waals surface area contributed by atoms with Crippen molar-refractivity contribution < 1.29 is 14.8 Å². The largest absolute Gasteiger partial charge is 0.478 e. The third-order valence-corrected chi connectivity index (χ3v) is 4.14. The fourth-order valence-corrected chi connectivity index (χ4v) is 3.26. The molecule has 0 aromatic heterocycles. The van der Waals surface area contributed by atoms with Gasteiger partial charge in [-0.25, -0.2) is 4.79 Å². The highest BCUT2D eigenvalue weighted by molar-refractivity contribution is 5.90. The maximum absolute atomic E-state index is 11.1. The lowest BCUT2D eigenvalue weighted by Crippen LogP contribution is -2.32. The lowest BCUT2D eigenvalue weighted by Gasteiger charge is -2.28. The van der Waals surface area contributed by atoms with Crippen molar-refractivity contribution in [2.75, 3.05) is 11.4 Å². The zero-order chi connectivity index (χ0) is 13.6. The molecule has 1 aliphatic heterocycles. The van der Waals surface area contributed by atoms with Gasteiger partial charge < -0.3 is 10.0 Å². The summed E-state index contributed by atoms with van der Waals surface area (Å²) >= 11 is 0. The number of benzene rings is 1. The smallest absolute Gasteiger partial charge is 0.335 e. The third kappa shape index (κ3) is 1.93. The van der Waals surface area contributed by atoms with Gasteiger partial charge >= 0.3 is 5.97 Å². The Morgan fingerprint density at radius 1 is 1.42 bits per heavy atom. The van der Waals surface area contributed by atoms with E-state index in [1.807, 2.05) is 4.90 Å². The van der Waals surface area contributed by atoms with E-state index in [1.54, 1.807) is 0 Å². The van der Waals surface area contributed by atoms with E-state index in [1.165, 1.54) is 24.6 Å². The summed E-state index contributed by atoms with van der Waals surface area (Å²) < 4.78 is 0. The maximum atomic E-state index is 11.1. The molecule has 1 heterocycles. The minimum Gasteiger partial charge on any atom is -0.478 e. The molecule has 1 aromatic carbocycles. The molecule has 1 N–H and O–H groups in total. The SMILES string of the molecule is O=C(O)c1ccc([N+](=O)[O-])c(N2CC3CCC2C3)c1. The van der Waals surface area contributed by atoms with Crippen LogP contribution in [-0.4, -0.2) is 28.6 Å². The van der Waals surface area contributed by atoms with E-state index in [9.17, 15) is 14.9 Å². The van der Waals surface area contributed by atoms with Gasteiger partial charge in [-0.15, -0.1) is 0 Å². The first kappa shape index (κ1) is 12.0. The highest BCUT2D eigenvalue weighted by Gasteiger charge is 2.40. The number of anilines is 1. The minimum atomic E-state index is -1.06. The molecule has 6 nitrogen and oxygen atoms in total. The van der Waals surface area contributed by atoms with Crippen molar-refractivity contribution in [2.45, 2.75) is 25.3 Å². The lowest BCUT2D eigenvalue weighted by molar-refractivity contribution is -0.384.